The Labute approximate surface area is 237 Å². The fourth-order valence-electron chi connectivity index (χ4n) is 4.05. The number of sulfonamides is 1. The SMILES string of the molecule is Cc1ccc(S(=O)(=O)NC(=O)NCCc2ccc([SH]3C(C(C)(C)O)=Nc4cc(C(F)(F)F)c(Cl)cc43)cc2)cc1. The number of rotatable bonds is 7. The summed E-state index contributed by atoms with van der Waals surface area (Å²) in [5.74, 6) is 0. The van der Waals surface area contributed by atoms with E-state index in [0.717, 1.165) is 22.1 Å². The average molecular weight is 614 g/mol. The van der Waals surface area contributed by atoms with Crippen LogP contribution in [-0.2, 0) is 22.6 Å². The van der Waals surface area contributed by atoms with Gasteiger partial charge in [-0.05, 0) is 74.0 Å². The van der Waals surface area contributed by atoms with Crippen LogP contribution in [0.4, 0.5) is 23.7 Å². The molecule has 1 aliphatic rings. The van der Waals surface area contributed by atoms with Gasteiger partial charge in [0.15, 0.2) is 0 Å². The molecule has 1 aliphatic heterocycles. The topological polar surface area (TPSA) is 108 Å². The second-order valence-electron chi connectivity index (χ2n) is 9.74. The van der Waals surface area contributed by atoms with E-state index >= 15 is 0 Å². The highest BCUT2D eigenvalue weighted by Crippen LogP contribution is 2.58. The Morgan fingerprint density at radius 3 is 2.25 bits per heavy atom. The number of nitrogens with zero attached hydrogens (tertiary/aromatic N) is 1. The number of carbonyl (C=O) groups is 1. The molecule has 0 aliphatic carbocycles. The Balaban J connectivity index is 1.45. The van der Waals surface area contributed by atoms with Crippen molar-refractivity contribution < 1.29 is 31.5 Å². The molecule has 3 aromatic rings. The number of fused-ring (bicyclic) bond motifs is 1. The molecule has 4 rings (SSSR count). The molecule has 214 valence electrons. The molecule has 1 heterocycles. The number of urea groups is 1. The zero-order chi connectivity index (χ0) is 29.5. The van der Waals surface area contributed by atoms with Gasteiger partial charge in [-0.3, -0.25) is 0 Å². The smallest absolute Gasteiger partial charge is 0.384 e. The summed E-state index contributed by atoms with van der Waals surface area (Å²) >= 11 is 6.00. The number of thiol groups is 1. The molecule has 3 aromatic carbocycles. The van der Waals surface area contributed by atoms with Crippen molar-refractivity contribution in [2.75, 3.05) is 6.54 Å². The molecule has 0 spiro atoms. The number of hydrogen-bond acceptors (Lipinski definition) is 5. The van der Waals surface area contributed by atoms with Crippen LogP contribution in [0.5, 0.6) is 0 Å². The first-order chi connectivity index (χ1) is 18.6. The van der Waals surface area contributed by atoms with Crippen molar-refractivity contribution in [3.05, 3.63) is 82.4 Å². The Morgan fingerprint density at radius 1 is 1.05 bits per heavy atom. The lowest BCUT2D eigenvalue weighted by atomic mass is 10.1. The van der Waals surface area contributed by atoms with E-state index in [1.54, 1.807) is 36.4 Å². The summed E-state index contributed by atoms with van der Waals surface area (Å²) in [6.45, 7) is 5.03. The van der Waals surface area contributed by atoms with Crippen LogP contribution in [-0.4, -0.2) is 36.7 Å². The minimum atomic E-state index is -4.64. The van der Waals surface area contributed by atoms with Crippen LogP contribution in [0.3, 0.4) is 0 Å². The van der Waals surface area contributed by atoms with Gasteiger partial charge in [0.05, 0.1) is 26.2 Å². The van der Waals surface area contributed by atoms with E-state index in [0.29, 0.717) is 16.4 Å². The van der Waals surface area contributed by atoms with Crippen LogP contribution in [0.1, 0.15) is 30.5 Å². The van der Waals surface area contributed by atoms with Gasteiger partial charge in [0.25, 0.3) is 10.0 Å². The molecule has 13 heteroatoms. The van der Waals surface area contributed by atoms with Gasteiger partial charge in [-0.1, -0.05) is 41.4 Å². The second-order valence-corrected chi connectivity index (χ2v) is 13.9. The van der Waals surface area contributed by atoms with Gasteiger partial charge in [-0.15, -0.1) is 0 Å². The quantitative estimate of drug-likeness (QED) is 0.240. The fourth-order valence-corrected chi connectivity index (χ4v) is 7.88. The number of aryl methyl sites for hydroxylation is 1. The van der Waals surface area contributed by atoms with Gasteiger partial charge in [0.2, 0.25) is 0 Å². The molecule has 0 fully saturated rings. The number of alkyl halides is 3. The van der Waals surface area contributed by atoms with Crippen molar-refractivity contribution in [1.82, 2.24) is 10.0 Å². The van der Waals surface area contributed by atoms with E-state index in [4.69, 9.17) is 11.6 Å². The maximum Gasteiger partial charge on any atom is 0.417 e. The molecule has 0 saturated carbocycles. The number of aliphatic hydroxyl groups is 1. The van der Waals surface area contributed by atoms with Crippen LogP contribution >= 0.6 is 22.5 Å². The van der Waals surface area contributed by atoms with E-state index in [1.807, 2.05) is 11.6 Å². The number of benzene rings is 3. The Hall–Kier alpha value is -3.06. The van der Waals surface area contributed by atoms with Gasteiger partial charge < -0.3 is 10.4 Å². The van der Waals surface area contributed by atoms with Gasteiger partial charge in [0.1, 0.15) is 5.60 Å². The molecule has 2 amide bonds. The molecule has 7 nitrogen and oxygen atoms in total. The summed E-state index contributed by atoms with van der Waals surface area (Å²) in [5.41, 5.74) is -0.533. The van der Waals surface area contributed by atoms with Crippen molar-refractivity contribution in [3.63, 3.8) is 0 Å². The van der Waals surface area contributed by atoms with E-state index < -0.39 is 49.3 Å². The van der Waals surface area contributed by atoms with Crippen molar-refractivity contribution in [1.29, 1.82) is 0 Å². The second kappa shape index (κ2) is 11.1. The summed E-state index contributed by atoms with van der Waals surface area (Å²) in [6.07, 6.45) is -4.25. The summed E-state index contributed by atoms with van der Waals surface area (Å²) in [6, 6.07) is 14.6. The Morgan fingerprint density at radius 2 is 1.68 bits per heavy atom. The molecule has 0 aromatic heterocycles. The van der Waals surface area contributed by atoms with Gasteiger partial charge in [-0.2, -0.15) is 24.1 Å². The summed E-state index contributed by atoms with van der Waals surface area (Å²) in [4.78, 5) is 17.8. The van der Waals surface area contributed by atoms with Crippen molar-refractivity contribution in [3.8, 4) is 0 Å². The predicted molar refractivity (Wildman–Crippen MR) is 150 cm³/mol. The lowest BCUT2D eigenvalue weighted by Gasteiger charge is -2.28. The maximum absolute atomic E-state index is 13.4. The minimum Gasteiger partial charge on any atom is -0.384 e. The van der Waals surface area contributed by atoms with Crippen LogP contribution in [0.2, 0.25) is 5.02 Å². The lowest BCUT2D eigenvalue weighted by molar-refractivity contribution is -0.137. The first-order valence-electron chi connectivity index (χ1n) is 12.0. The summed E-state index contributed by atoms with van der Waals surface area (Å²) < 4.78 is 66.9. The van der Waals surface area contributed by atoms with Crippen LogP contribution in [0.25, 0.3) is 0 Å². The highest BCUT2D eigenvalue weighted by atomic mass is 35.5. The highest BCUT2D eigenvalue weighted by Gasteiger charge is 2.39. The standard InChI is InChI=1S/C27H27ClF3N3O4S2/c1-16-4-10-19(11-5-16)40(37,38)34-25(35)32-13-12-17-6-8-18(9-7-17)39-23-15-21(28)20(27(29,30)31)14-22(23)33-24(39)26(2,3)36/h4-11,14-15,36,39H,12-13H2,1-3H3,(H2,32,34,35). The molecular weight excluding hydrogens is 587 g/mol. The Kier molecular flexibility index (Phi) is 8.28. The van der Waals surface area contributed by atoms with E-state index in [1.165, 1.54) is 32.0 Å². The number of halogens is 4. The third-order valence-corrected chi connectivity index (χ3v) is 10.4. The molecule has 0 radical (unpaired) electrons. The molecule has 0 bridgehead atoms. The number of carbonyl (C=O) groups excluding carboxylic acids is 1. The number of nitrogens with one attached hydrogen (secondary N) is 2. The first kappa shape index (κ1) is 29.9. The number of amides is 2. The Bertz CT molecular complexity index is 1570. The normalized spacial score (nSPS) is 16.3. The molecular formula is C27H27ClF3N3O4S2. The highest BCUT2D eigenvalue weighted by molar-refractivity contribution is 8.30. The molecule has 0 saturated heterocycles. The molecule has 40 heavy (non-hydrogen) atoms. The van der Waals surface area contributed by atoms with Crippen LogP contribution < -0.4 is 10.0 Å². The third-order valence-electron chi connectivity index (χ3n) is 6.05. The predicted octanol–water partition coefficient (Wildman–Crippen LogP) is 6.13. The maximum atomic E-state index is 13.4. The van der Waals surface area contributed by atoms with Crippen molar-refractivity contribution >= 4 is 49.3 Å². The van der Waals surface area contributed by atoms with Gasteiger partial charge in [0, 0.05) is 11.4 Å². The molecule has 1 atom stereocenters. The fraction of sp³-hybridized carbons (Fsp3) is 0.259. The van der Waals surface area contributed by atoms with Crippen LogP contribution in [0, 0.1) is 6.92 Å². The van der Waals surface area contributed by atoms with E-state index in [9.17, 15) is 31.5 Å². The molecule has 3 N–H and O–H groups in total. The largest absolute Gasteiger partial charge is 0.417 e. The van der Waals surface area contributed by atoms with Crippen LogP contribution in [0.15, 0.2) is 80.3 Å². The van der Waals surface area contributed by atoms with Crippen molar-refractivity contribution in [2.24, 2.45) is 4.99 Å². The minimum absolute atomic E-state index is 0.0239. The van der Waals surface area contributed by atoms with Gasteiger partial charge in [-0.25, -0.2) is 22.9 Å². The first-order valence-corrected chi connectivity index (χ1v) is 15.3. The zero-order valence-electron chi connectivity index (χ0n) is 21.7. The summed E-state index contributed by atoms with van der Waals surface area (Å²) in [7, 11) is -5.45. The average Bonchev–Trinajstić information content (AvgIpc) is 3.22. The van der Waals surface area contributed by atoms with Gasteiger partial charge >= 0.3 is 12.2 Å². The van der Waals surface area contributed by atoms with Crippen molar-refractivity contribution in [2.45, 2.75) is 53.7 Å². The molecule has 1 unspecified atom stereocenters. The lowest BCUT2D eigenvalue weighted by Crippen LogP contribution is -2.40. The zero-order valence-corrected chi connectivity index (χ0v) is 24.1. The monoisotopic (exact) mass is 613 g/mol. The van der Waals surface area contributed by atoms with E-state index in [-0.39, 0.29) is 17.1 Å². The number of hydrogen-bond donors (Lipinski definition) is 4. The summed E-state index contributed by atoms with van der Waals surface area (Å²) in [5, 5.41) is 13.2. The number of aliphatic imine (C=N–C) groups is 1. The van der Waals surface area contributed by atoms with E-state index in [2.05, 4.69) is 10.3 Å². The third kappa shape index (κ3) is 6.63.